The van der Waals surface area contributed by atoms with E-state index in [0.717, 1.165) is 0 Å². The van der Waals surface area contributed by atoms with E-state index in [9.17, 15) is 10.1 Å². The van der Waals surface area contributed by atoms with Gasteiger partial charge in [-0.05, 0) is 13.0 Å². The summed E-state index contributed by atoms with van der Waals surface area (Å²) in [5, 5.41) is 18.0. The molecular weight excluding hydrogens is 260 g/mol. The second kappa shape index (κ2) is 5.79. The lowest BCUT2D eigenvalue weighted by atomic mass is 10.1. The number of hydrogen-bond donors (Lipinski definition) is 1. The fourth-order valence-corrected chi connectivity index (χ4v) is 1.78. The van der Waals surface area contributed by atoms with E-state index in [2.05, 4.69) is 15.5 Å². The summed E-state index contributed by atoms with van der Waals surface area (Å²) in [7, 11) is 0. The van der Waals surface area contributed by atoms with Crippen LogP contribution >= 0.6 is 0 Å². The third kappa shape index (κ3) is 3.00. The molecule has 1 N–H and O–H groups in total. The highest BCUT2D eigenvalue weighted by atomic mass is 16.6. The van der Waals surface area contributed by atoms with Crippen LogP contribution in [0.2, 0.25) is 0 Å². The third-order valence-corrected chi connectivity index (χ3v) is 2.87. The molecule has 7 heteroatoms. The molecule has 2 aromatic rings. The Bertz CT molecular complexity index is 622. The molecule has 0 atom stereocenters. The number of nitrogens with zero attached hydrogens (tertiary/aromatic N) is 3. The predicted octanol–water partition coefficient (Wildman–Crippen LogP) is 2.45. The second-order valence-corrected chi connectivity index (χ2v) is 4.76. The summed E-state index contributed by atoms with van der Waals surface area (Å²) in [6, 6.07) is 5.11. The molecule has 0 aliphatic heterocycles. The van der Waals surface area contributed by atoms with Crippen molar-refractivity contribution in [3.8, 4) is 11.5 Å². The molecule has 20 heavy (non-hydrogen) atoms. The molecule has 0 amide bonds. The maximum atomic E-state index is 10.9. The van der Waals surface area contributed by atoms with Crippen LogP contribution in [0.1, 0.15) is 25.2 Å². The highest BCUT2D eigenvalue weighted by Crippen LogP contribution is 2.28. The highest BCUT2D eigenvalue weighted by molar-refractivity contribution is 5.64. The number of nitrogens with one attached hydrogen (secondary N) is 1. The van der Waals surface area contributed by atoms with Crippen LogP contribution in [0.25, 0.3) is 11.5 Å². The summed E-state index contributed by atoms with van der Waals surface area (Å²) in [6.45, 7) is 6.20. The van der Waals surface area contributed by atoms with Crippen LogP contribution in [0, 0.1) is 17.0 Å². The molecule has 0 spiro atoms. The van der Waals surface area contributed by atoms with Crippen molar-refractivity contribution in [3.63, 3.8) is 0 Å². The van der Waals surface area contributed by atoms with Gasteiger partial charge in [-0.2, -0.15) is 4.98 Å². The number of rotatable bonds is 5. The molecule has 1 aromatic heterocycles. The molecule has 0 radical (unpaired) electrons. The number of hydrogen-bond acceptors (Lipinski definition) is 6. The fourth-order valence-electron chi connectivity index (χ4n) is 1.78. The van der Waals surface area contributed by atoms with E-state index in [0.29, 0.717) is 35.4 Å². The van der Waals surface area contributed by atoms with Gasteiger partial charge in [-0.15, -0.1) is 0 Å². The summed E-state index contributed by atoms with van der Waals surface area (Å²) in [5.74, 6) is 0.825. The summed E-state index contributed by atoms with van der Waals surface area (Å²) < 4.78 is 5.17. The van der Waals surface area contributed by atoms with Crippen molar-refractivity contribution < 1.29 is 9.45 Å². The molecule has 0 saturated carbocycles. The van der Waals surface area contributed by atoms with Gasteiger partial charge in [0.1, 0.15) is 0 Å². The molecule has 0 fully saturated rings. The van der Waals surface area contributed by atoms with Crippen LogP contribution in [0.15, 0.2) is 22.7 Å². The van der Waals surface area contributed by atoms with E-state index >= 15 is 0 Å². The molecule has 0 unspecified atom stereocenters. The van der Waals surface area contributed by atoms with Gasteiger partial charge in [-0.3, -0.25) is 10.1 Å². The zero-order valence-electron chi connectivity index (χ0n) is 11.6. The zero-order chi connectivity index (χ0) is 14.7. The van der Waals surface area contributed by atoms with E-state index in [1.165, 1.54) is 6.07 Å². The van der Waals surface area contributed by atoms with E-state index in [1.54, 1.807) is 19.1 Å². The molecule has 0 bridgehead atoms. The van der Waals surface area contributed by atoms with E-state index < -0.39 is 4.92 Å². The lowest BCUT2D eigenvalue weighted by molar-refractivity contribution is -0.385. The van der Waals surface area contributed by atoms with Crippen molar-refractivity contribution in [1.29, 1.82) is 0 Å². The van der Waals surface area contributed by atoms with Crippen molar-refractivity contribution >= 4 is 5.69 Å². The first kappa shape index (κ1) is 14.1. The van der Waals surface area contributed by atoms with Crippen molar-refractivity contribution in [2.75, 3.05) is 0 Å². The van der Waals surface area contributed by atoms with Crippen molar-refractivity contribution in [1.82, 2.24) is 15.5 Å². The Hall–Kier alpha value is -2.28. The first-order chi connectivity index (χ1) is 9.49. The van der Waals surface area contributed by atoms with Gasteiger partial charge in [0.05, 0.1) is 11.5 Å². The Morgan fingerprint density at radius 1 is 1.45 bits per heavy atom. The number of nitro benzene ring substituents is 1. The van der Waals surface area contributed by atoms with Gasteiger partial charge >= 0.3 is 0 Å². The third-order valence-electron chi connectivity index (χ3n) is 2.87. The molecule has 1 heterocycles. The lowest BCUT2D eigenvalue weighted by Gasteiger charge is -2.03. The second-order valence-electron chi connectivity index (χ2n) is 4.76. The average Bonchev–Trinajstić information content (AvgIpc) is 2.85. The number of nitro groups is 1. The smallest absolute Gasteiger partial charge is 0.273 e. The van der Waals surface area contributed by atoms with Crippen molar-refractivity contribution in [2.45, 2.75) is 33.4 Å². The molecular formula is C13H16N4O3. The maximum Gasteiger partial charge on any atom is 0.273 e. The monoisotopic (exact) mass is 276 g/mol. The SMILES string of the molecule is Cc1c(-c2nc(CNC(C)C)no2)cccc1[N+](=O)[O-]. The predicted molar refractivity (Wildman–Crippen MR) is 73.1 cm³/mol. The normalized spacial score (nSPS) is 11.0. The first-order valence-corrected chi connectivity index (χ1v) is 6.29. The maximum absolute atomic E-state index is 10.9. The van der Waals surface area contributed by atoms with E-state index in [1.807, 2.05) is 13.8 Å². The lowest BCUT2D eigenvalue weighted by Crippen LogP contribution is -2.22. The standard InChI is InChI=1S/C13H16N4O3/c1-8(2)14-7-12-15-13(20-16-12)10-5-4-6-11(9(10)3)17(18)19/h4-6,8,14H,7H2,1-3H3. The Morgan fingerprint density at radius 2 is 2.20 bits per heavy atom. The van der Waals surface area contributed by atoms with Crippen molar-refractivity contribution in [3.05, 3.63) is 39.7 Å². The molecule has 0 saturated heterocycles. The average molecular weight is 276 g/mol. The fraction of sp³-hybridized carbons (Fsp3) is 0.385. The number of benzene rings is 1. The summed E-state index contributed by atoms with van der Waals surface area (Å²) in [6.07, 6.45) is 0. The first-order valence-electron chi connectivity index (χ1n) is 6.29. The van der Waals surface area contributed by atoms with Crippen LogP contribution < -0.4 is 5.32 Å². The summed E-state index contributed by atoms with van der Waals surface area (Å²) in [5.41, 5.74) is 1.15. The molecule has 1 aromatic carbocycles. The molecule has 106 valence electrons. The minimum atomic E-state index is -0.420. The Morgan fingerprint density at radius 3 is 2.85 bits per heavy atom. The minimum Gasteiger partial charge on any atom is -0.334 e. The van der Waals surface area contributed by atoms with Gasteiger partial charge < -0.3 is 9.84 Å². The molecule has 7 nitrogen and oxygen atoms in total. The molecule has 0 aliphatic carbocycles. The van der Waals surface area contributed by atoms with Crippen LogP contribution in [0.4, 0.5) is 5.69 Å². The van der Waals surface area contributed by atoms with E-state index in [-0.39, 0.29) is 5.69 Å². The zero-order valence-corrected chi connectivity index (χ0v) is 11.6. The van der Waals surface area contributed by atoms with Crippen LogP contribution in [-0.2, 0) is 6.54 Å². The summed E-state index contributed by atoms with van der Waals surface area (Å²) >= 11 is 0. The Balaban J connectivity index is 2.28. The van der Waals surface area contributed by atoms with Crippen molar-refractivity contribution in [2.24, 2.45) is 0 Å². The largest absolute Gasteiger partial charge is 0.334 e. The Labute approximate surface area is 116 Å². The van der Waals surface area contributed by atoms with Gasteiger partial charge in [-0.1, -0.05) is 25.1 Å². The van der Waals surface area contributed by atoms with Gasteiger partial charge in [0.25, 0.3) is 11.6 Å². The molecule has 2 rings (SSSR count). The van der Waals surface area contributed by atoms with Gasteiger partial charge in [0.15, 0.2) is 5.82 Å². The summed E-state index contributed by atoms with van der Waals surface area (Å²) in [4.78, 5) is 14.7. The molecule has 0 aliphatic rings. The van der Waals surface area contributed by atoms with Crippen LogP contribution in [-0.4, -0.2) is 21.1 Å². The van der Waals surface area contributed by atoms with Gasteiger partial charge in [0.2, 0.25) is 0 Å². The van der Waals surface area contributed by atoms with Gasteiger partial charge in [0, 0.05) is 23.2 Å². The van der Waals surface area contributed by atoms with Crippen LogP contribution in [0.3, 0.4) is 0 Å². The van der Waals surface area contributed by atoms with Crippen LogP contribution in [0.5, 0.6) is 0 Å². The quantitative estimate of drug-likeness (QED) is 0.665. The topological polar surface area (TPSA) is 94.1 Å². The highest BCUT2D eigenvalue weighted by Gasteiger charge is 2.18. The Kier molecular flexibility index (Phi) is 4.09. The minimum absolute atomic E-state index is 0.0440. The van der Waals surface area contributed by atoms with Gasteiger partial charge in [-0.25, -0.2) is 0 Å². The number of aromatic nitrogens is 2. The van der Waals surface area contributed by atoms with E-state index in [4.69, 9.17) is 4.52 Å².